The predicted octanol–water partition coefficient (Wildman–Crippen LogP) is 2.77. The summed E-state index contributed by atoms with van der Waals surface area (Å²) in [4.78, 5) is 28.5. The van der Waals surface area contributed by atoms with Crippen molar-refractivity contribution in [2.75, 3.05) is 23.5 Å². The third-order valence-electron chi connectivity index (χ3n) is 3.82. The van der Waals surface area contributed by atoms with Gasteiger partial charge in [-0.3, -0.25) is 4.79 Å². The molecule has 0 saturated carbocycles. The Morgan fingerprint density at radius 1 is 1.30 bits per heavy atom. The monoisotopic (exact) mass is 401 g/mol. The average molecular weight is 401 g/mol. The third-order valence-corrected chi connectivity index (χ3v) is 4.95. The summed E-state index contributed by atoms with van der Waals surface area (Å²) in [5.74, 6) is -1.90. The van der Waals surface area contributed by atoms with Crippen LogP contribution in [0.1, 0.15) is 12.3 Å². The number of benzene rings is 1. The summed E-state index contributed by atoms with van der Waals surface area (Å²) < 4.78 is 46.9. The first-order valence-electron chi connectivity index (χ1n) is 7.83. The molecule has 2 heterocycles. The maximum Gasteiger partial charge on any atom is 0.471 e. The normalized spacial score (nSPS) is 17.0. The second kappa shape index (κ2) is 7.59. The van der Waals surface area contributed by atoms with Crippen molar-refractivity contribution in [2.45, 2.75) is 18.7 Å². The number of hydrogen-bond acceptors (Lipinski definition) is 7. The maximum absolute atomic E-state index is 12.5. The number of likely N-dealkylation sites (N-methyl/N-ethyl adjacent to an activating group) is 1. The molecule has 1 aromatic carbocycles. The van der Waals surface area contributed by atoms with Gasteiger partial charge in [-0.1, -0.05) is 5.16 Å². The van der Waals surface area contributed by atoms with Gasteiger partial charge in [-0.15, -0.1) is 0 Å². The molecule has 144 valence electrons. The van der Waals surface area contributed by atoms with Gasteiger partial charge in [0.05, 0.1) is 0 Å². The van der Waals surface area contributed by atoms with Crippen LogP contribution in [0, 0.1) is 0 Å². The fraction of sp³-hybridized carbons (Fsp3) is 0.375. The molecule has 7 nitrogen and oxygen atoms in total. The van der Waals surface area contributed by atoms with Gasteiger partial charge in [0.1, 0.15) is 6.10 Å². The topological polar surface area (TPSA) is 85.5 Å². The van der Waals surface area contributed by atoms with Crippen molar-refractivity contribution >= 4 is 29.3 Å². The van der Waals surface area contributed by atoms with E-state index < -0.39 is 23.9 Å². The highest BCUT2D eigenvalue weighted by Gasteiger charge is 2.38. The largest absolute Gasteiger partial charge is 0.471 e. The highest BCUT2D eigenvalue weighted by atomic mass is 32.2. The van der Waals surface area contributed by atoms with Gasteiger partial charge in [-0.2, -0.15) is 29.9 Å². The number of hydrogen-bond donors (Lipinski definition) is 0. The lowest BCUT2D eigenvalue weighted by molar-refractivity contribution is -0.159. The lowest BCUT2D eigenvalue weighted by atomic mass is 10.2. The summed E-state index contributed by atoms with van der Waals surface area (Å²) >= 11 is 1.65. The van der Waals surface area contributed by atoms with Gasteiger partial charge in [-0.05, 0) is 36.4 Å². The quantitative estimate of drug-likeness (QED) is 0.577. The van der Waals surface area contributed by atoms with Crippen LogP contribution in [0.5, 0.6) is 0 Å². The number of halogens is 3. The number of alkyl halides is 3. The Morgan fingerprint density at radius 2 is 2.00 bits per heavy atom. The molecule has 0 radical (unpaired) electrons. The number of ether oxygens (including phenoxy) is 1. The van der Waals surface area contributed by atoms with Crippen LogP contribution < -0.4 is 4.90 Å². The molecule has 2 aromatic rings. The van der Waals surface area contributed by atoms with Crippen molar-refractivity contribution in [1.82, 2.24) is 10.1 Å². The molecule has 1 atom stereocenters. The molecule has 1 saturated heterocycles. The maximum atomic E-state index is 12.5. The summed E-state index contributed by atoms with van der Waals surface area (Å²) in [6.45, 7) is 0. The molecule has 1 unspecified atom stereocenters. The number of carbonyl (C=O) groups is 2. The predicted molar refractivity (Wildman–Crippen MR) is 90.0 cm³/mol. The van der Waals surface area contributed by atoms with Crippen LogP contribution in [0.3, 0.4) is 0 Å². The molecule has 0 N–H and O–H groups in total. The molecule has 1 aliphatic rings. The van der Waals surface area contributed by atoms with E-state index in [-0.39, 0.29) is 17.5 Å². The van der Waals surface area contributed by atoms with E-state index in [1.165, 1.54) is 31.3 Å². The van der Waals surface area contributed by atoms with Crippen molar-refractivity contribution in [2.24, 2.45) is 0 Å². The van der Waals surface area contributed by atoms with E-state index in [4.69, 9.17) is 4.74 Å². The van der Waals surface area contributed by atoms with Crippen LogP contribution in [0.2, 0.25) is 0 Å². The van der Waals surface area contributed by atoms with Gasteiger partial charge < -0.3 is 14.2 Å². The van der Waals surface area contributed by atoms with Crippen molar-refractivity contribution in [3.8, 4) is 11.4 Å². The van der Waals surface area contributed by atoms with E-state index in [9.17, 15) is 22.8 Å². The van der Waals surface area contributed by atoms with Gasteiger partial charge in [-0.25, -0.2) is 4.79 Å². The summed E-state index contributed by atoms with van der Waals surface area (Å²) in [6, 6.07) is 5.75. The molecule has 11 heteroatoms. The number of aromatic nitrogens is 2. The molecule has 0 bridgehead atoms. The zero-order valence-electron chi connectivity index (χ0n) is 14.0. The van der Waals surface area contributed by atoms with Crippen molar-refractivity contribution in [3.05, 3.63) is 30.2 Å². The Bertz CT molecular complexity index is 832. The number of carbonyl (C=O) groups excluding carboxylic acids is 2. The highest BCUT2D eigenvalue weighted by molar-refractivity contribution is 7.99. The lowest BCUT2D eigenvalue weighted by Gasteiger charge is -2.18. The minimum atomic E-state index is -4.73. The zero-order chi connectivity index (χ0) is 19.6. The van der Waals surface area contributed by atoms with Crippen LogP contribution >= 0.6 is 11.8 Å². The second-order valence-corrected chi connectivity index (χ2v) is 6.87. The number of nitrogens with zero attached hydrogens (tertiary/aromatic N) is 3. The fourth-order valence-electron chi connectivity index (χ4n) is 2.35. The number of rotatable bonds is 3. The molecule has 3 rings (SSSR count). The van der Waals surface area contributed by atoms with Crippen LogP contribution in [-0.2, 0) is 20.5 Å². The van der Waals surface area contributed by atoms with Crippen LogP contribution in [0.25, 0.3) is 11.4 Å². The molecule has 0 aliphatic carbocycles. The van der Waals surface area contributed by atoms with E-state index in [2.05, 4.69) is 14.7 Å². The summed E-state index contributed by atoms with van der Waals surface area (Å²) in [7, 11) is 1.40. The van der Waals surface area contributed by atoms with Gasteiger partial charge in [0.15, 0.2) is 0 Å². The Morgan fingerprint density at radius 3 is 2.56 bits per heavy atom. The SMILES string of the molecule is CN(C(=O)C(=O)OC1CCSC1)c1ccc(-c2noc(C(F)(F)F)n2)cc1. The molecule has 1 aliphatic heterocycles. The molecule has 1 fully saturated rings. The summed E-state index contributed by atoms with van der Waals surface area (Å²) in [5.41, 5.74) is 0.630. The molecular formula is C16H14F3N3O4S. The van der Waals surface area contributed by atoms with Crippen molar-refractivity contribution in [1.29, 1.82) is 0 Å². The van der Waals surface area contributed by atoms with Crippen molar-refractivity contribution < 1.29 is 32.0 Å². The van der Waals surface area contributed by atoms with Gasteiger partial charge >= 0.3 is 23.9 Å². The first-order chi connectivity index (χ1) is 12.8. The first kappa shape index (κ1) is 19.2. The summed E-state index contributed by atoms with van der Waals surface area (Å²) in [6.07, 6.45) is -4.27. The zero-order valence-corrected chi connectivity index (χ0v) is 14.8. The molecule has 27 heavy (non-hydrogen) atoms. The van der Waals surface area contributed by atoms with E-state index in [0.717, 1.165) is 10.7 Å². The van der Waals surface area contributed by atoms with Crippen molar-refractivity contribution in [3.63, 3.8) is 0 Å². The number of amides is 1. The van der Waals surface area contributed by atoms with E-state index in [1.807, 2.05) is 0 Å². The second-order valence-electron chi connectivity index (χ2n) is 5.72. The fourth-order valence-corrected chi connectivity index (χ4v) is 3.45. The first-order valence-corrected chi connectivity index (χ1v) is 8.99. The molecule has 1 amide bonds. The number of anilines is 1. The molecule has 1 aromatic heterocycles. The van der Waals surface area contributed by atoms with Crippen LogP contribution in [0.15, 0.2) is 28.8 Å². The standard InChI is InChI=1S/C16H14F3N3O4S/c1-22(13(23)14(24)25-11-6-7-27-8-11)10-4-2-9(3-5-10)12-20-15(26-21-12)16(17,18)19/h2-5,11H,6-8H2,1H3. The summed E-state index contributed by atoms with van der Waals surface area (Å²) in [5, 5.41) is 3.29. The lowest BCUT2D eigenvalue weighted by Crippen LogP contribution is -2.36. The molecular weight excluding hydrogens is 387 g/mol. The average Bonchev–Trinajstić information content (AvgIpc) is 3.32. The number of esters is 1. The van der Waals surface area contributed by atoms with E-state index >= 15 is 0 Å². The van der Waals surface area contributed by atoms with Gasteiger partial charge in [0.2, 0.25) is 5.82 Å². The minimum Gasteiger partial charge on any atom is -0.454 e. The van der Waals surface area contributed by atoms with Gasteiger partial charge in [0.25, 0.3) is 0 Å². The smallest absolute Gasteiger partial charge is 0.454 e. The number of thioether (sulfide) groups is 1. The Balaban J connectivity index is 1.67. The highest BCUT2D eigenvalue weighted by Crippen LogP contribution is 2.30. The van der Waals surface area contributed by atoms with Crippen LogP contribution in [-0.4, -0.2) is 46.7 Å². The van der Waals surface area contributed by atoms with E-state index in [1.54, 1.807) is 11.8 Å². The Kier molecular flexibility index (Phi) is 5.40. The van der Waals surface area contributed by atoms with Gasteiger partial charge in [0, 0.05) is 24.1 Å². The van der Waals surface area contributed by atoms with Crippen LogP contribution in [0.4, 0.5) is 18.9 Å². The molecule has 0 spiro atoms. The van der Waals surface area contributed by atoms with E-state index in [0.29, 0.717) is 17.9 Å². The minimum absolute atomic E-state index is 0.235. The Hall–Kier alpha value is -2.56. The third kappa shape index (κ3) is 4.41. The Labute approximate surface area is 155 Å².